The molecular formula is C13H18O3. The van der Waals surface area contributed by atoms with Gasteiger partial charge < -0.3 is 9.47 Å². The first-order valence-electron chi connectivity index (χ1n) is 6.25. The highest BCUT2D eigenvalue weighted by molar-refractivity contribution is 5.87. The lowest BCUT2D eigenvalue weighted by Crippen LogP contribution is -2.49. The van der Waals surface area contributed by atoms with E-state index < -0.39 is 5.79 Å². The van der Waals surface area contributed by atoms with Crippen molar-refractivity contribution in [1.82, 2.24) is 0 Å². The van der Waals surface area contributed by atoms with Crippen LogP contribution in [0.15, 0.2) is 12.2 Å². The van der Waals surface area contributed by atoms with Crippen LogP contribution >= 0.6 is 0 Å². The van der Waals surface area contributed by atoms with Gasteiger partial charge in [0.05, 0.1) is 18.6 Å². The van der Waals surface area contributed by atoms with Gasteiger partial charge in [-0.25, -0.2) is 0 Å². The monoisotopic (exact) mass is 222 g/mol. The molecule has 3 rings (SSSR count). The summed E-state index contributed by atoms with van der Waals surface area (Å²) in [5, 5.41) is 0. The van der Waals surface area contributed by atoms with E-state index in [1.807, 2.05) is 0 Å². The van der Waals surface area contributed by atoms with Crippen LogP contribution < -0.4 is 0 Å². The van der Waals surface area contributed by atoms with E-state index in [0.29, 0.717) is 25.4 Å². The molecular weight excluding hydrogens is 204 g/mol. The number of hydrogen-bond donors (Lipinski definition) is 0. The van der Waals surface area contributed by atoms with Crippen LogP contribution in [-0.4, -0.2) is 24.8 Å². The second-order valence-corrected chi connectivity index (χ2v) is 5.02. The summed E-state index contributed by atoms with van der Waals surface area (Å²) in [7, 11) is 0. The summed E-state index contributed by atoms with van der Waals surface area (Å²) in [4.78, 5) is 12.4. The van der Waals surface area contributed by atoms with Gasteiger partial charge in [-0.2, -0.15) is 0 Å². The molecule has 1 atom stereocenters. The van der Waals surface area contributed by atoms with Crippen LogP contribution in [0.5, 0.6) is 0 Å². The number of allylic oxidation sites excluding steroid dienone is 2. The van der Waals surface area contributed by atoms with E-state index in [1.165, 1.54) is 0 Å². The Morgan fingerprint density at radius 3 is 2.75 bits per heavy atom. The molecule has 2 aliphatic carbocycles. The molecule has 1 aliphatic heterocycles. The number of ether oxygens (including phenoxy) is 2. The summed E-state index contributed by atoms with van der Waals surface area (Å²) in [6.45, 7) is 1.28. The van der Waals surface area contributed by atoms with Gasteiger partial charge in [-0.1, -0.05) is 12.2 Å². The summed E-state index contributed by atoms with van der Waals surface area (Å²) < 4.78 is 11.7. The van der Waals surface area contributed by atoms with Crippen LogP contribution in [0.1, 0.15) is 38.5 Å². The number of carbonyl (C=O) groups is 1. The summed E-state index contributed by atoms with van der Waals surface area (Å²) in [6, 6.07) is 0. The number of rotatable bonds is 0. The number of Topliss-reactive ketones (excluding diaryl/α,β-unsaturated/α-hetero) is 1. The highest BCUT2D eigenvalue weighted by Gasteiger charge is 2.62. The topological polar surface area (TPSA) is 35.5 Å². The van der Waals surface area contributed by atoms with E-state index in [4.69, 9.17) is 9.47 Å². The number of fused-ring (bicyclic) bond motifs is 1. The van der Waals surface area contributed by atoms with Crippen LogP contribution in [-0.2, 0) is 14.3 Å². The van der Waals surface area contributed by atoms with Crippen molar-refractivity contribution in [2.24, 2.45) is 5.41 Å². The van der Waals surface area contributed by atoms with E-state index in [-0.39, 0.29) is 5.41 Å². The highest BCUT2D eigenvalue weighted by Crippen LogP contribution is 2.55. The van der Waals surface area contributed by atoms with Gasteiger partial charge in [-0.15, -0.1) is 0 Å². The molecule has 1 saturated heterocycles. The quantitative estimate of drug-likeness (QED) is 0.589. The molecule has 0 bridgehead atoms. The van der Waals surface area contributed by atoms with Crippen molar-refractivity contribution in [2.45, 2.75) is 44.3 Å². The largest absolute Gasteiger partial charge is 0.346 e. The summed E-state index contributed by atoms with van der Waals surface area (Å²) >= 11 is 0. The van der Waals surface area contributed by atoms with E-state index in [1.54, 1.807) is 0 Å². The van der Waals surface area contributed by atoms with Crippen LogP contribution in [0.25, 0.3) is 0 Å². The zero-order valence-corrected chi connectivity index (χ0v) is 9.54. The van der Waals surface area contributed by atoms with Crippen molar-refractivity contribution in [1.29, 1.82) is 0 Å². The first-order valence-corrected chi connectivity index (χ1v) is 6.25. The molecule has 1 unspecified atom stereocenters. The molecule has 2 spiro atoms. The smallest absolute Gasteiger partial charge is 0.181 e. The summed E-state index contributed by atoms with van der Waals surface area (Å²) in [6.07, 6.45) is 9.42. The Morgan fingerprint density at radius 1 is 1.12 bits per heavy atom. The van der Waals surface area contributed by atoms with Gasteiger partial charge in [0.15, 0.2) is 5.79 Å². The average Bonchev–Trinajstić information content (AvgIpc) is 2.84. The predicted molar refractivity (Wildman–Crippen MR) is 58.9 cm³/mol. The van der Waals surface area contributed by atoms with Crippen molar-refractivity contribution in [3.05, 3.63) is 12.2 Å². The Hall–Kier alpha value is -0.670. The van der Waals surface area contributed by atoms with Crippen molar-refractivity contribution in [2.75, 3.05) is 13.2 Å². The molecule has 2 fully saturated rings. The second kappa shape index (κ2) is 3.67. The van der Waals surface area contributed by atoms with E-state index >= 15 is 0 Å². The molecule has 0 aromatic heterocycles. The van der Waals surface area contributed by atoms with Crippen molar-refractivity contribution >= 4 is 5.78 Å². The van der Waals surface area contributed by atoms with Crippen LogP contribution in [0.2, 0.25) is 0 Å². The molecule has 1 heterocycles. The van der Waals surface area contributed by atoms with Gasteiger partial charge in [0, 0.05) is 12.8 Å². The molecule has 0 aromatic carbocycles. The Bertz CT molecular complexity index is 323. The SMILES string of the molecule is O=C1CCC=CCC12CCCC21OCCO1. The fourth-order valence-electron chi connectivity index (χ4n) is 3.51. The molecule has 0 aromatic rings. The third kappa shape index (κ3) is 1.25. The van der Waals surface area contributed by atoms with Gasteiger partial charge in [0.2, 0.25) is 0 Å². The van der Waals surface area contributed by atoms with Crippen LogP contribution in [0.4, 0.5) is 0 Å². The second-order valence-electron chi connectivity index (χ2n) is 5.02. The number of ketones is 1. The Kier molecular flexibility index (Phi) is 2.41. The Morgan fingerprint density at radius 2 is 1.94 bits per heavy atom. The highest BCUT2D eigenvalue weighted by atomic mass is 16.7. The summed E-state index contributed by atoms with van der Waals surface area (Å²) in [5.74, 6) is -0.240. The first-order chi connectivity index (χ1) is 7.79. The standard InChI is InChI=1S/C13H18O3/c14-11-5-2-1-3-6-12(11)7-4-8-13(12)15-9-10-16-13/h1,3H,2,4-10H2. The predicted octanol–water partition coefficient (Wildman–Crippen LogP) is 2.21. The van der Waals surface area contributed by atoms with Crippen LogP contribution in [0.3, 0.4) is 0 Å². The molecule has 0 radical (unpaired) electrons. The minimum atomic E-state index is -0.585. The maximum atomic E-state index is 12.4. The summed E-state index contributed by atoms with van der Waals surface area (Å²) in [5.41, 5.74) is -0.378. The molecule has 1 saturated carbocycles. The fourth-order valence-corrected chi connectivity index (χ4v) is 3.51. The van der Waals surface area contributed by atoms with Gasteiger partial charge in [0.25, 0.3) is 0 Å². The molecule has 0 amide bonds. The van der Waals surface area contributed by atoms with Crippen molar-refractivity contribution < 1.29 is 14.3 Å². The third-order valence-corrected chi connectivity index (χ3v) is 4.30. The maximum Gasteiger partial charge on any atom is 0.181 e. The normalized spacial score (nSPS) is 37.4. The molecule has 88 valence electrons. The van der Waals surface area contributed by atoms with Crippen molar-refractivity contribution in [3.63, 3.8) is 0 Å². The molecule has 16 heavy (non-hydrogen) atoms. The lowest BCUT2D eigenvalue weighted by Gasteiger charge is -2.39. The van der Waals surface area contributed by atoms with E-state index in [2.05, 4.69) is 12.2 Å². The average molecular weight is 222 g/mol. The minimum Gasteiger partial charge on any atom is -0.346 e. The van der Waals surface area contributed by atoms with E-state index in [0.717, 1.165) is 32.1 Å². The Balaban J connectivity index is 2.00. The molecule has 3 heteroatoms. The zero-order chi connectivity index (χ0) is 11.1. The van der Waals surface area contributed by atoms with Gasteiger partial charge >= 0.3 is 0 Å². The Labute approximate surface area is 95.8 Å². The van der Waals surface area contributed by atoms with Gasteiger partial charge in [-0.05, 0) is 25.7 Å². The number of carbonyl (C=O) groups excluding carboxylic acids is 1. The van der Waals surface area contributed by atoms with E-state index in [9.17, 15) is 4.79 Å². The third-order valence-electron chi connectivity index (χ3n) is 4.30. The van der Waals surface area contributed by atoms with Crippen LogP contribution in [0, 0.1) is 5.41 Å². The maximum absolute atomic E-state index is 12.4. The number of hydrogen-bond acceptors (Lipinski definition) is 3. The lowest BCUT2D eigenvalue weighted by molar-refractivity contribution is -0.218. The first kappa shape index (κ1) is 10.5. The van der Waals surface area contributed by atoms with Gasteiger partial charge in [-0.3, -0.25) is 4.79 Å². The molecule has 3 aliphatic rings. The van der Waals surface area contributed by atoms with Gasteiger partial charge in [0.1, 0.15) is 5.78 Å². The molecule has 3 nitrogen and oxygen atoms in total. The minimum absolute atomic E-state index is 0.344. The zero-order valence-electron chi connectivity index (χ0n) is 9.54. The van der Waals surface area contributed by atoms with Crippen molar-refractivity contribution in [3.8, 4) is 0 Å². The molecule has 0 N–H and O–H groups in total. The fraction of sp³-hybridized carbons (Fsp3) is 0.769. The lowest BCUT2D eigenvalue weighted by atomic mass is 9.74.